The number of benzene rings is 4. The summed E-state index contributed by atoms with van der Waals surface area (Å²) in [6, 6.07) is 22.8. The van der Waals surface area contributed by atoms with Gasteiger partial charge in [0.25, 0.3) is 11.8 Å². The Kier molecular flexibility index (Phi) is 8.98. The highest BCUT2D eigenvalue weighted by atomic mass is 79.9. The average molecular weight is 836 g/mol. The van der Waals surface area contributed by atoms with Crippen LogP contribution in [-0.2, 0) is 24.6 Å². The third kappa shape index (κ3) is 5.60. The van der Waals surface area contributed by atoms with Crippen molar-refractivity contribution < 1.29 is 34.1 Å². The number of nitrogens with one attached hydrogen (secondary N) is 1. The zero-order chi connectivity index (χ0) is 40.7. The van der Waals surface area contributed by atoms with Gasteiger partial charge in [-0.05, 0) is 61.6 Å². The molecule has 2 N–H and O–H groups in total. The summed E-state index contributed by atoms with van der Waals surface area (Å²) in [5.74, 6) is -7.73. The standard InChI is InChI=1S/C41H35BrN6O9/c1-21-9-12-24(13-10-21)43-46-38(51)30-20-28-26(35(29-17-23(42)11-16-33(29)49)41(30,40(46)53)22-7-5-4-6-8-22)14-15-27-34(28)39(52)45(37(27)50)25-18-31(47(54)55)36(44(2)3)32(19-25)48(56)57/h4-14,16-19,27-28,30,34-35,43,49H,15,20H2,1-3H3. The molecule has 2 heterocycles. The number of phenolic OH excluding ortho intramolecular Hbond substituents is 1. The molecule has 2 aliphatic heterocycles. The number of aryl methyl sites for hydroxylation is 1. The maximum Gasteiger partial charge on any atom is 0.301 e. The number of fused-ring (bicyclic) bond motifs is 4. The first-order chi connectivity index (χ1) is 27.2. The van der Waals surface area contributed by atoms with Crippen LogP contribution in [0.15, 0.2) is 101 Å². The lowest BCUT2D eigenvalue weighted by Crippen LogP contribution is -2.53. The van der Waals surface area contributed by atoms with Crippen LogP contribution in [0.1, 0.15) is 35.4 Å². The Morgan fingerprint density at radius 1 is 0.860 bits per heavy atom. The molecule has 3 fully saturated rings. The lowest BCUT2D eigenvalue weighted by molar-refractivity contribution is -0.392. The second kappa shape index (κ2) is 13.7. The Morgan fingerprint density at radius 2 is 1.51 bits per heavy atom. The van der Waals surface area contributed by atoms with Crippen molar-refractivity contribution in [3.63, 3.8) is 0 Å². The summed E-state index contributed by atoms with van der Waals surface area (Å²) < 4.78 is 0.584. The molecule has 16 heteroatoms. The average Bonchev–Trinajstić information content (AvgIpc) is 3.57. The van der Waals surface area contributed by atoms with E-state index in [0.29, 0.717) is 26.9 Å². The number of rotatable bonds is 8. The van der Waals surface area contributed by atoms with E-state index in [1.807, 2.05) is 19.1 Å². The van der Waals surface area contributed by atoms with Gasteiger partial charge in [0.2, 0.25) is 11.8 Å². The van der Waals surface area contributed by atoms with Crippen LogP contribution >= 0.6 is 15.9 Å². The number of nitro groups is 2. The van der Waals surface area contributed by atoms with E-state index in [1.165, 1.54) is 25.1 Å². The molecule has 1 saturated carbocycles. The number of hydrazine groups is 1. The number of halogens is 1. The predicted octanol–water partition coefficient (Wildman–Crippen LogP) is 6.54. The lowest BCUT2D eigenvalue weighted by atomic mass is 9.49. The Labute approximate surface area is 334 Å². The molecule has 0 radical (unpaired) electrons. The van der Waals surface area contributed by atoms with Gasteiger partial charge in [0.05, 0.1) is 44.4 Å². The largest absolute Gasteiger partial charge is 0.508 e. The normalized spacial score (nSPS) is 25.1. The third-order valence-electron chi connectivity index (χ3n) is 11.8. The van der Waals surface area contributed by atoms with Crippen LogP contribution in [0.25, 0.3) is 0 Å². The van der Waals surface area contributed by atoms with Crippen molar-refractivity contribution in [1.29, 1.82) is 0 Å². The van der Waals surface area contributed by atoms with E-state index in [9.17, 15) is 39.7 Å². The monoisotopic (exact) mass is 834 g/mol. The van der Waals surface area contributed by atoms with E-state index in [1.54, 1.807) is 60.7 Å². The summed E-state index contributed by atoms with van der Waals surface area (Å²) in [6.07, 6.45) is 1.78. The molecule has 6 unspecified atom stereocenters. The molecule has 0 bridgehead atoms. The number of amides is 4. The highest BCUT2D eigenvalue weighted by Gasteiger charge is 2.70. The first-order valence-electron chi connectivity index (χ1n) is 18.1. The summed E-state index contributed by atoms with van der Waals surface area (Å²) in [4.78, 5) is 84.1. The Bertz CT molecular complexity index is 2420. The number of imide groups is 2. The van der Waals surface area contributed by atoms with Crippen molar-refractivity contribution in [2.45, 2.75) is 31.1 Å². The number of carbonyl (C=O) groups is 4. The fourth-order valence-electron chi connectivity index (χ4n) is 9.56. The van der Waals surface area contributed by atoms with Crippen molar-refractivity contribution in [3.8, 4) is 5.75 Å². The highest BCUT2D eigenvalue weighted by Crippen LogP contribution is 2.65. The minimum absolute atomic E-state index is 0.0197. The van der Waals surface area contributed by atoms with Crippen molar-refractivity contribution in [2.24, 2.45) is 23.7 Å². The molecule has 6 atom stereocenters. The number of nitrogens with zero attached hydrogens (tertiary/aromatic N) is 5. The molecule has 15 nitrogen and oxygen atoms in total. The molecule has 0 spiro atoms. The van der Waals surface area contributed by atoms with Crippen LogP contribution in [0, 0.1) is 50.8 Å². The summed E-state index contributed by atoms with van der Waals surface area (Å²) in [5, 5.41) is 37.1. The minimum Gasteiger partial charge on any atom is -0.508 e. The molecule has 4 aromatic carbocycles. The van der Waals surface area contributed by atoms with Gasteiger partial charge in [-0.1, -0.05) is 75.6 Å². The SMILES string of the molecule is Cc1ccc(NN2C(=O)C3CC4C(=CCC5C(=O)N(c6cc([N+](=O)[O-])c(N(C)C)c([N+](=O)[O-])c6)C(=O)C54)C(c4cc(Br)ccc4O)C3(c3ccccc3)C2=O)cc1. The van der Waals surface area contributed by atoms with Gasteiger partial charge in [-0.15, -0.1) is 0 Å². The van der Waals surface area contributed by atoms with Gasteiger partial charge in [0, 0.05) is 42.2 Å². The topological polar surface area (TPSA) is 197 Å². The Morgan fingerprint density at radius 3 is 2.12 bits per heavy atom. The number of anilines is 3. The minimum atomic E-state index is -1.63. The van der Waals surface area contributed by atoms with E-state index in [-0.39, 0.29) is 30.0 Å². The lowest BCUT2D eigenvalue weighted by Gasteiger charge is -2.50. The van der Waals surface area contributed by atoms with E-state index < -0.39 is 79.9 Å². The number of aromatic hydroxyl groups is 1. The molecule has 4 amide bonds. The van der Waals surface area contributed by atoms with Crippen LogP contribution in [0.3, 0.4) is 0 Å². The van der Waals surface area contributed by atoms with Gasteiger partial charge in [0.1, 0.15) is 5.75 Å². The fourth-order valence-corrected chi connectivity index (χ4v) is 9.94. The molecule has 4 aliphatic rings. The number of allylic oxidation sites excluding steroid dienone is 2. The molecule has 2 saturated heterocycles. The van der Waals surface area contributed by atoms with Gasteiger partial charge in [-0.25, -0.2) is 4.90 Å². The van der Waals surface area contributed by atoms with Crippen LogP contribution in [0.2, 0.25) is 0 Å². The Balaban J connectivity index is 1.31. The van der Waals surface area contributed by atoms with Crippen LogP contribution in [0.4, 0.5) is 28.4 Å². The summed E-state index contributed by atoms with van der Waals surface area (Å²) >= 11 is 3.52. The zero-order valence-corrected chi connectivity index (χ0v) is 32.4. The Hall–Kier alpha value is -6.42. The number of hydrogen-bond acceptors (Lipinski definition) is 11. The molecular formula is C41H35BrN6O9. The number of carbonyl (C=O) groups excluding carboxylic acids is 4. The maximum absolute atomic E-state index is 15.3. The quantitative estimate of drug-likeness (QED) is 0.0847. The molecular weight excluding hydrogens is 800 g/mol. The second-order valence-corrected chi connectivity index (χ2v) is 16.0. The first-order valence-corrected chi connectivity index (χ1v) is 18.9. The van der Waals surface area contributed by atoms with Crippen LogP contribution in [-0.4, -0.2) is 57.7 Å². The summed E-state index contributed by atoms with van der Waals surface area (Å²) in [5.41, 5.74) is 2.33. The second-order valence-electron chi connectivity index (χ2n) is 15.0. The van der Waals surface area contributed by atoms with Gasteiger partial charge in [-0.2, -0.15) is 5.01 Å². The highest BCUT2D eigenvalue weighted by molar-refractivity contribution is 9.10. The van der Waals surface area contributed by atoms with E-state index in [0.717, 1.165) is 27.6 Å². The molecule has 290 valence electrons. The van der Waals surface area contributed by atoms with Gasteiger partial charge in [-0.3, -0.25) is 44.8 Å². The van der Waals surface area contributed by atoms with Crippen molar-refractivity contribution in [1.82, 2.24) is 5.01 Å². The van der Waals surface area contributed by atoms with E-state index >= 15 is 4.79 Å². The van der Waals surface area contributed by atoms with E-state index in [4.69, 9.17) is 0 Å². The summed E-state index contributed by atoms with van der Waals surface area (Å²) in [7, 11) is 2.82. The fraction of sp³-hybridized carbons (Fsp3) is 0.268. The van der Waals surface area contributed by atoms with Crippen LogP contribution in [0.5, 0.6) is 5.75 Å². The molecule has 4 aromatic rings. The van der Waals surface area contributed by atoms with Gasteiger partial charge < -0.3 is 10.0 Å². The van der Waals surface area contributed by atoms with E-state index in [2.05, 4.69) is 21.4 Å². The summed E-state index contributed by atoms with van der Waals surface area (Å²) in [6.45, 7) is 1.91. The first kappa shape index (κ1) is 37.5. The maximum atomic E-state index is 15.3. The number of nitro benzene ring substituents is 2. The molecule has 0 aromatic heterocycles. The van der Waals surface area contributed by atoms with Gasteiger partial charge in [0.15, 0.2) is 5.69 Å². The third-order valence-corrected chi connectivity index (χ3v) is 12.3. The smallest absolute Gasteiger partial charge is 0.301 e. The van der Waals surface area contributed by atoms with Gasteiger partial charge >= 0.3 is 11.4 Å². The van der Waals surface area contributed by atoms with Crippen LogP contribution < -0.4 is 15.2 Å². The van der Waals surface area contributed by atoms with Crippen molar-refractivity contribution in [3.05, 3.63) is 138 Å². The molecule has 8 rings (SSSR count). The molecule has 57 heavy (non-hydrogen) atoms. The zero-order valence-electron chi connectivity index (χ0n) is 30.8. The van der Waals surface area contributed by atoms with Crippen molar-refractivity contribution >= 4 is 68.0 Å². The van der Waals surface area contributed by atoms with Crippen molar-refractivity contribution in [2.75, 3.05) is 29.3 Å². The number of hydrogen-bond donors (Lipinski definition) is 2. The molecule has 2 aliphatic carbocycles. The number of phenols is 1. The predicted molar refractivity (Wildman–Crippen MR) is 211 cm³/mol.